The molecule has 1 aromatic carbocycles. The Morgan fingerprint density at radius 3 is 2.90 bits per heavy atom. The van der Waals surface area contributed by atoms with Crippen molar-refractivity contribution >= 4 is 23.2 Å². The summed E-state index contributed by atoms with van der Waals surface area (Å²) < 4.78 is 29.8. The van der Waals surface area contributed by atoms with Gasteiger partial charge in [0.15, 0.2) is 5.58 Å². The van der Waals surface area contributed by atoms with E-state index in [0.717, 1.165) is 25.0 Å². The molecular weight excluding hydrogens is 377 g/mol. The minimum atomic E-state index is -0.612. The average molecular weight is 405 g/mol. The predicted octanol–water partition coefficient (Wildman–Crippen LogP) is 4.43. The zero-order valence-corrected chi connectivity index (χ0v) is 17.3. The number of halogens is 1. The number of nitrogens with zero attached hydrogens (tertiary/aromatic N) is 2. The van der Waals surface area contributed by atoms with Crippen LogP contribution in [-0.4, -0.2) is 42.9 Å². The maximum absolute atomic E-state index is 13.1. The molecule has 1 aliphatic rings. The third-order valence-electron chi connectivity index (χ3n) is 4.48. The molecule has 0 aliphatic carbocycles. The number of nitrogens with one attached hydrogen (secondary N) is 1. The second-order valence-corrected chi connectivity index (χ2v) is 8.38. The van der Waals surface area contributed by atoms with Crippen molar-refractivity contribution in [2.75, 3.05) is 31.1 Å². The molecule has 0 bridgehead atoms. The van der Waals surface area contributed by atoms with Gasteiger partial charge in [-0.15, -0.1) is 0 Å². The van der Waals surface area contributed by atoms with Gasteiger partial charge in [0, 0.05) is 31.3 Å². The van der Waals surface area contributed by atoms with Crippen molar-refractivity contribution < 1.29 is 23.1 Å². The van der Waals surface area contributed by atoms with Crippen LogP contribution < -0.4 is 15.0 Å². The van der Waals surface area contributed by atoms with Crippen LogP contribution in [0.3, 0.4) is 0 Å². The molecule has 0 spiro atoms. The Morgan fingerprint density at radius 1 is 1.45 bits per heavy atom. The predicted molar refractivity (Wildman–Crippen MR) is 109 cm³/mol. The SMILES string of the molecule is CC1CCN(c2nc3ccc(OC/C(=C\F)CNC(=O)OC(C)(C)C)cc3o2)C1. The molecule has 1 saturated heterocycles. The van der Waals surface area contributed by atoms with Crippen molar-refractivity contribution in [1.29, 1.82) is 0 Å². The summed E-state index contributed by atoms with van der Waals surface area (Å²) in [5.41, 5.74) is 1.04. The first kappa shape index (κ1) is 21.0. The van der Waals surface area contributed by atoms with E-state index in [-0.39, 0.29) is 18.7 Å². The number of carbonyl (C=O) groups is 1. The number of hydrogen-bond donors (Lipinski definition) is 1. The topological polar surface area (TPSA) is 76.8 Å². The Balaban J connectivity index is 1.56. The Labute approximate surface area is 169 Å². The van der Waals surface area contributed by atoms with Crippen LogP contribution in [0.5, 0.6) is 5.75 Å². The van der Waals surface area contributed by atoms with Gasteiger partial charge in [-0.25, -0.2) is 9.18 Å². The lowest BCUT2D eigenvalue weighted by Crippen LogP contribution is -2.34. The average Bonchev–Trinajstić information content (AvgIpc) is 3.25. The summed E-state index contributed by atoms with van der Waals surface area (Å²) >= 11 is 0. The smallest absolute Gasteiger partial charge is 0.407 e. The second-order valence-electron chi connectivity index (χ2n) is 8.38. The Morgan fingerprint density at radius 2 is 2.24 bits per heavy atom. The van der Waals surface area contributed by atoms with Gasteiger partial charge < -0.3 is 24.1 Å². The molecule has 0 radical (unpaired) electrons. The maximum atomic E-state index is 13.1. The van der Waals surface area contributed by atoms with Crippen molar-refractivity contribution in [3.05, 3.63) is 30.1 Å². The lowest BCUT2D eigenvalue weighted by atomic mass is 10.2. The van der Waals surface area contributed by atoms with Crippen molar-refractivity contribution in [1.82, 2.24) is 10.3 Å². The standard InChI is InChI=1S/C21H28FN3O4/c1-14-7-8-25(12-14)19-24-17-6-5-16(9-18(17)28-19)27-13-15(10-22)11-23-20(26)29-21(2,3)4/h5-6,9-10,14H,7-8,11-13H2,1-4H3,(H,23,26)/b15-10-. The van der Waals surface area contributed by atoms with Gasteiger partial charge >= 0.3 is 6.09 Å². The lowest BCUT2D eigenvalue weighted by Gasteiger charge is -2.20. The Hall–Kier alpha value is -2.77. The third kappa shape index (κ3) is 5.85. The van der Waals surface area contributed by atoms with Gasteiger partial charge in [0.05, 0.1) is 6.33 Å². The van der Waals surface area contributed by atoms with Crippen LogP contribution in [0.4, 0.5) is 15.2 Å². The number of anilines is 1. The van der Waals surface area contributed by atoms with Crippen molar-refractivity contribution in [3.63, 3.8) is 0 Å². The minimum Gasteiger partial charge on any atom is -0.489 e. The molecule has 1 aliphatic heterocycles. The van der Waals surface area contributed by atoms with Gasteiger partial charge in [0.2, 0.25) is 0 Å². The summed E-state index contributed by atoms with van der Waals surface area (Å²) in [7, 11) is 0. The highest BCUT2D eigenvalue weighted by atomic mass is 19.1. The molecule has 2 heterocycles. The van der Waals surface area contributed by atoms with Crippen LogP contribution in [0.1, 0.15) is 34.1 Å². The summed E-state index contributed by atoms with van der Waals surface area (Å²) in [6, 6.07) is 5.93. The first-order valence-corrected chi connectivity index (χ1v) is 9.77. The summed E-state index contributed by atoms with van der Waals surface area (Å²) in [4.78, 5) is 18.4. The van der Waals surface area contributed by atoms with Crippen molar-refractivity contribution in [2.45, 2.75) is 39.7 Å². The fourth-order valence-electron chi connectivity index (χ4n) is 3.02. The molecule has 1 unspecified atom stereocenters. The zero-order valence-electron chi connectivity index (χ0n) is 17.3. The van der Waals surface area contributed by atoms with Crippen LogP contribution in [0.15, 0.2) is 34.5 Å². The van der Waals surface area contributed by atoms with Crippen LogP contribution in [0, 0.1) is 5.92 Å². The van der Waals surface area contributed by atoms with E-state index in [1.165, 1.54) is 0 Å². The normalized spacial score (nSPS) is 17.6. The highest BCUT2D eigenvalue weighted by Crippen LogP contribution is 2.29. The number of aromatic nitrogens is 1. The summed E-state index contributed by atoms with van der Waals surface area (Å²) in [6.45, 7) is 9.35. The largest absolute Gasteiger partial charge is 0.489 e. The second kappa shape index (κ2) is 8.71. The molecule has 29 heavy (non-hydrogen) atoms. The summed E-state index contributed by atoms with van der Waals surface area (Å²) in [6.07, 6.45) is 0.948. The van der Waals surface area contributed by atoms with Gasteiger partial charge in [-0.1, -0.05) is 6.92 Å². The fourth-order valence-corrected chi connectivity index (χ4v) is 3.02. The first-order valence-electron chi connectivity index (χ1n) is 9.77. The van der Waals surface area contributed by atoms with Gasteiger partial charge in [-0.05, 0) is 45.2 Å². The molecule has 3 rings (SSSR count). The molecule has 7 nitrogen and oxygen atoms in total. The highest BCUT2D eigenvalue weighted by Gasteiger charge is 2.23. The number of fused-ring (bicyclic) bond motifs is 1. The molecule has 1 fully saturated rings. The quantitative estimate of drug-likeness (QED) is 0.766. The van der Waals surface area contributed by atoms with Gasteiger partial charge in [0.25, 0.3) is 6.01 Å². The van der Waals surface area contributed by atoms with Crippen LogP contribution >= 0.6 is 0 Å². The van der Waals surface area contributed by atoms with E-state index in [0.29, 0.717) is 29.6 Å². The molecule has 1 atom stereocenters. The van der Waals surface area contributed by atoms with E-state index >= 15 is 0 Å². The number of alkyl carbamates (subject to hydrolysis) is 1. The summed E-state index contributed by atoms with van der Waals surface area (Å²) in [5, 5.41) is 2.51. The van der Waals surface area contributed by atoms with Crippen molar-refractivity contribution in [2.24, 2.45) is 5.92 Å². The van der Waals surface area contributed by atoms with Gasteiger partial charge in [-0.3, -0.25) is 0 Å². The van der Waals surface area contributed by atoms with E-state index in [1.807, 2.05) is 6.07 Å². The first-order chi connectivity index (χ1) is 13.7. The van der Waals surface area contributed by atoms with E-state index in [2.05, 4.69) is 22.1 Å². The van der Waals surface area contributed by atoms with E-state index in [4.69, 9.17) is 13.9 Å². The monoisotopic (exact) mass is 405 g/mol. The minimum absolute atomic E-state index is 0.00669. The Bertz CT molecular complexity index is 888. The van der Waals surface area contributed by atoms with Crippen LogP contribution in [-0.2, 0) is 4.74 Å². The van der Waals surface area contributed by atoms with E-state index in [1.54, 1.807) is 32.9 Å². The van der Waals surface area contributed by atoms with Crippen molar-refractivity contribution in [3.8, 4) is 5.75 Å². The number of carbonyl (C=O) groups excluding carboxylic acids is 1. The van der Waals surface area contributed by atoms with E-state index in [9.17, 15) is 9.18 Å². The number of benzene rings is 1. The number of rotatable bonds is 6. The van der Waals surface area contributed by atoms with Crippen LogP contribution in [0.2, 0.25) is 0 Å². The van der Waals surface area contributed by atoms with Crippen LogP contribution in [0.25, 0.3) is 11.1 Å². The molecule has 1 amide bonds. The third-order valence-corrected chi connectivity index (χ3v) is 4.48. The number of ether oxygens (including phenoxy) is 2. The summed E-state index contributed by atoms with van der Waals surface area (Å²) in [5.74, 6) is 1.16. The molecule has 1 aromatic heterocycles. The molecule has 2 aromatic rings. The molecule has 1 N–H and O–H groups in total. The Kier molecular flexibility index (Phi) is 6.30. The number of amides is 1. The highest BCUT2D eigenvalue weighted by molar-refractivity contribution is 5.76. The molecule has 158 valence electrons. The molecule has 0 saturated carbocycles. The fraction of sp³-hybridized carbons (Fsp3) is 0.524. The number of oxazole rings is 1. The van der Waals surface area contributed by atoms with Gasteiger partial charge in [0.1, 0.15) is 23.5 Å². The van der Waals surface area contributed by atoms with Gasteiger partial charge in [-0.2, -0.15) is 4.98 Å². The van der Waals surface area contributed by atoms with E-state index < -0.39 is 11.7 Å². The molecular formula is C21H28FN3O4. The maximum Gasteiger partial charge on any atom is 0.407 e. The zero-order chi connectivity index (χ0) is 21.0. The lowest BCUT2D eigenvalue weighted by molar-refractivity contribution is 0.0531. The molecule has 8 heteroatoms. The number of hydrogen-bond acceptors (Lipinski definition) is 6.